The quantitative estimate of drug-likeness (QED) is 0.832. The number of allylic oxidation sites excluding steroid dienone is 1. The molecule has 1 amide bonds. The molecular formula is C17H18N2O3. The summed E-state index contributed by atoms with van der Waals surface area (Å²) in [6.07, 6.45) is 2.03. The highest BCUT2D eigenvalue weighted by Crippen LogP contribution is 2.12. The van der Waals surface area contributed by atoms with Crippen molar-refractivity contribution in [3.05, 3.63) is 53.7 Å². The molecule has 0 spiro atoms. The van der Waals surface area contributed by atoms with Gasteiger partial charge in [0, 0.05) is 5.39 Å². The first-order valence-corrected chi connectivity index (χ1v) is 7.00. The van der Waals surface area contributed by atoms with Gasteiger partial charge in [0.25, 0.3) is 5.91 Å². The van der Waals surface area contributed by atoms with Gasteiger partial charge < -0.3 is 10.4 Å². The van der Waals surface area contributed by atoms with Crippen LogP contribution < -0.4 is 5.32 Å². The van der Waals surface area contributed by atoms with Gasteiger partial charge in [0.2, 0.25) is 0 Å². The van der Waals surface area contributed by atoms with E-state index >= 15 is 0 Å². The Labute approximate surface area is 128 Å². The Morgan fingerprint density at radius 2 is 1.95 bits per heavy atom. The third-order valence-corrected chi connectivity index (χ3v) is 3.20. The molecule has 0 unspecified atom stereocenters. The van der Waals surface area contributed by atoms with E-state index in [0.29, 0.717) is 5.52 Å². The SMILES string of the molecule is CC(C)=CC[C@H](NC(=O)c1ccc2ccccc2n1)C(=O)O. The lowest BCUT2D eigenvalue weighted by molar-refractivity contribution is -0.139. The Bertz CT molecular complexity index is 734. The summed E-state index contributed by atoms with van der Waals surface area (Å²) in [5.41, 5.74) is 1.91. The van der Waals surface area contributed by atoms with Gasteiger partial charge in [-0.05, 0) is 32.4 Å². The second kappa shape index (κ2) is 6.85. The maximum Gasteiger partial charge on any atom is 0.326 e. The van der Waals surface area contributed by atoms with Gasteiger partial charge in [0.1, 0.15) is 11.7 Å². The number of aromatic nitrogens is 1. The van der Waals surface area contributed by atoms with Crippen LogP contribution in [0.5, 0.6) is 0 Å². The van der Waals surface area contributed by atoms with Crippen molar-refractivity contribution >= 4 is 22.8 Å². The summed E-state index contributed by atoms with van der Waals surface area (Å²) >= 11 is 0. The number of benzene rings is 1. The summed E-state index contributed by atoms with van der Waals surface area (Å²) in [6, 6.07) is 9.87. The minimum absolute atomic E-state index is 0.210. The molecule has 0 aliphatic carbocycles. The van der Waals surface area contributed by atoms with Crippen LogP contribution in [0.15, 0.2) is 48.0 Å². The number of carbonyl (C=O) groups excluding carboxylic acids is 1. The predicted molar refractivity (Wildman–Crippen MR) is 84.7 cm³/mol. The lowest BCUT2D eigenvalue weighted by Crippen LogP contribution is -2.40. The van der Waals surface area contributed by atoms with E-state index in [1.807, 2.05) is 38.1 Å². The van der Waals surface area contributed by atoms with Crippen LogP contribution >= 0.6 is 0 Å². The summed E-state index contributed by atoms with van der Waals surface area (Å²) in [6.45, 7) is 3.76. The largest absolute Gasteiger partial charge is 0.480 e. The van der Waals surface area contributed by atoms with E-state index in [0.717, 1.165) is 11.0 Å². The first-order chi connectivity index (χ1) is 10.5. The van der Waals surface area contributed by atoms with E-state index < -0.39 is 17.9 Å². The van der Waals surface area contributed by atoms with Gasteiger partial charge in [-0.25, -0.2) is 9.78 Å². The second-order valence-corrected chi connectivity index (χ2v) is 5.27. The first-order valence-electron chi connectivity index (χ1n) is 7.00. The van der Waals surface area contributed by atoms with E-state index in [9.17, 15) is 14.7 Å². The summed E-state index contributed by atoms with van der Waals surface area (Å²) in [4.78, 5) is 27.7. The van der Waals surface area contributed by atoms with Gasteiger partial charge in [-0.1, -0.05) is 35.9 Å². The van der Waals surface area contributed by atoms with Gasteiger partial charge in [-0.3, -0.25) is 4.79 Å². The van der Waals surface area contributed by atoms with E-state index in [1.165, 1.54) is 0 Å². The zero-order chi connectivity index (χ0) is 16.1. The molecule has 0 aliphatic heterocycles. The molecule has 5 heteroatoms. The van der Waals surface area contributed by atoms with E-state index in [-0.39, 0.29) is 12.1 Å². The number of para-hydroxylation sites is 1. The highest BCUT2D eigenvalue weighted by Gasteiger charge is 2.20. The Morgan fingerprint density at radius 3 is 2.64 bits per heavy atom. The van der Waals surface area contributed by atoms with Crippen LogP contribution in [-0.2, 0) is 4.79 Å². The zero-order valence-electron chi connectivity index (χ0n) is 12.5. The van der Waals surface area contributed by atoms with E-state index in [4.69, 9.17) is 0 Å². The number of carboxylic acid groups (broad SMARTS) is 1. The second-order valence-electron chi connectivity index (χ2n) is 5.27. The molecular weight excluding hydrogens is 280 g/mol. The Balaban J connectivity index is 2.17. The summed E-state index contributed by atoms with van der Waals surface area (Å²) in [5.74, 6) is -1.55. The van der Waals surface area contributed by atoms with Crippen LogP contribution in [-0.4, -0.2) is 28.0 Å². The van der Waals surface area contributed by atoms with Gasteiger partial charge in [-0.15, -0.1) is 0 Å². The maximum atomic E-state index is 12.2. The highest BCUT2D eigenvalue weighted by atomic mass is 16.4. The topological polar surface area (TPSA) is 79.3 Å². The minimum Gasteiger partial charge on any atom is -0.480 e. The molecule has 22 heavy (non-hydrogen) atoms. The van der Waals surface area contributed by atoms with Crippen LogP contribution in [0.1, 0.15) is 30.8 Å². The Morgan fingerprint density at radius 1 is 1.23 bits per heavy atom. The summed E-state index contributed by atoms with van der Waals surface area (Å²) in [5, 5.41) is 12.6. The van der Waals surface area contributed by atoms with Gasteiger partial charge in [0.15, 0.2) is 0 Å². The number of hydrogen-bond acceptors (Lipinski definition) is 3. The normalized spacial score (nSPS) is 11.7. The fraction of sp³-hybridized carbons (Fsp3) is 0.235. The molecule has 0 fully saturated rings. The number of fused-ring (bicyclic) bond motifs is 1. The molecule has 0 bridgehead atoms. The number of carbonyl (C=O) groups is 2. The van der Waals surface area contributed by atoms with E-state index in [2.05, 4.69) is 10.3 Å². The molecule has 0 saturated heterocycles. The van der Waals surface area contributed by atoms with E-state index in [1.54, 1.807) is 18.2 Å². The lowest BCUT2D eigenvalue weighted by Gasteiger charge is -2.13. The maximum absolute atomic E-state index is 12.2. The van der Waals surface area contributed by atoms with Crippen LogP contribution in [0.25, 0.3) is 10.9 Å². The minimum atomic E-state index is -1.06. The number of rotatable bonds is 5. The van der Waals surface area contributed by atoms with Crippen molar-refractivity contribution in [2.75, 3.05) is 0 Å². The molecule has 2 aromatic rings. The van der Waals surface area contributed by atoms with Gasteiger partial charge >= 0.3 is 5.97 Å². The molecule has 1 heterocycles. The summed E-state index contributed by atoms with van der Waals surface area (Å²) < 4.78 is 0. The number of aliphatic carboxylic acids is 1. The molecule has 1 aromatic carbocycles. The Kier molecular flexibility index (Phi) is 4.88. The standard InChI is InChI=1S/C17H18N2O3/c1-11(2)7-9-15(17(21)22)19-16(20)14-10-8-12-5-3-4-6-13(12)18-14/h3-8,10,15H,9H2,1-2H3,(H,19,20)(H,21,22)/t15-/m0/s1. The van der Waals surface area contributed by atoms with Crippen LogP contribution in [0.4, 0.5) is 0 Å². The fourth-order valence-electron chi connectivity index (χ4n) is 2.00. The van der Waals surface area contributed by atoms with Crippen molar-refractivity contribution in [3.63, 3.8) is 0 Å². The third-order valence-electron chi connectivity index (χ3n) is 3.20. The van der Waals surface area contributed by atoms with Crippen molar-refractivity contribution in [2.45, 2.75) is 26.3 Å². The molecule has 1 atom stereocenters. The Hall–Kier alpha value is -2.69. The number of nitrogens with one attached hydrogen (secondary N) is 1. The predicted octanol–water partition coefficient (Wildman–Crippen LogP) is 2.77. The molecule has 0 saturated carbocycles. The monoisotopic (exact) mass is 298 g/mol. The van der Waals surface area contributed by atoms with Crippen molar-refractivity contribution in [1.82, 2.24) is 10.3 Å². The number of hydrogen-bond donors (Lipinski definition) is 2. The molecule has 2 N–H and O–H groups in total. The fourth-order valence-corrected chi connectivity index (χ4v) is 2.00. The molecule has 0 aliphatic rings. The smallest absolute Gasteiger partial charge is 0.326 e. The highest BCUT2D eigenvalue weighted by molar-refractivity contribution is 5.97. The van der Waals surface area contributed by atoms with Crippen molar-refractivity contribution in [1.29, 1.82) is 0 Å². The molecule has 2 rings (SSSR count). The number of amides is 1. The van der Waals surface area contributed by atoms with Crippen LogP contribution in [0, 0.1) is 0 Å². The number of carboxylic acids is 1. The van der Waals surface area contributed by atoms with Crippen LogP contribution in [0.3, 0.4) is 0 Å². The van der Waals surface area contributed by atoms with Crippen molar-refractivity contribution in [3.8, 4) is 0 Å². The molecule has 5 nitrogen and oxygen atoms in total. The van der Waals surface area contributed by atoms with Crippen LogP contribution in [0.2, 0.25) is 0 Å². The number of nitrogens with zero attached hydrogens (tertiary/aromatic N) is 1. The zero-order valence-corrected chi connectivity index (χ0v) is 12.5. The molecule has 1 aromatic heterocycles. The van der Waals surface area contributed by atoms with Crippen molar-refractivity contribution in [2.24, 2.45) is 0 Å². The lowest BCUT2D eigenvalue weighted by atomic mass is 10.1. The van der Waals surface area contributed by atoms with Gasteiger partial charge in [0.05, 0.1) is 5.52 Å². The average molecular weight is 298 g/mol. The summed E-state index contributed by atoms with van der Waals surface area (Å²) in [7, 11) is 0. The average Bonchev–Trinajstić information content (AvgIpc) is 2.50. The van der Waals surface area contributed by atoms with Crippen molar-refractivity contribution < 1.29 is 14.7 Å². The number of pyridine rings is 1. The first kappa shape index (κ1) is 15.7. The molecule has 0 radical (unpaired) electrons. The van der Waals surface area contributed by atoms with Gasteiger partial charge in [-0.2, -0.15) is 0 Å². The molecule has 114 valence electrons. The third kappa shape index (κ3) is 3.91.